The van der Waals surface area contributed by atoms with Gasteiger partial charge in [-0.2, -0.15) is 4.39 Å². The van der Waals surface area contributed by atoms with Gasteiger partial charge in [-0.05, 0) is 44.9 Å². The third-order valence-corrected chi connectivity index (χ3v) is 2.64. The molecule has 0 radical (unpaired) electrons. The smallest absolute Gasteiger partial charge is 0.215 e. The molecule has 2 rings (SSSR count). The molecule has 0 aliphatic heterocycles. The average Bonchev–Trinajstić information content (AvgIpc) is 2.37. The summed E-state index contributed by atoms with van der Waals surface area (Å²) < 4.78 is 37.7. The van der Waals surface area contributed by atoms with Gasteiger partial charge in [-0.25, -0.2) is 13.8 Å². The van der Waals surface area contributed by atoms with E-state index < -0.39 is 11.6 Å². The Balaban J connectivity index is 0.000000191. The first-order valence-corrected chi connectivity index (χ1v) is 5.84. The van der Waals surface area contributed by atoms with E-state index in [1.807, 2.05) is 0 Å². The van der Waals surface area contributed by atoms with E-state index in [2.05, 4.69) is 4.98 Å². The van der Waals surface area contributed by atoms with Crippen molar-refractivity contribution in [3.63, 3.8) is 0 Å². The van der Waals surface area contributed by atoms with Crippen LogP contribution in [0.1, 0.15) is 22.4 Å². The Hall–Kier alpha value is -1.84. The molecule has 0 bridgehead atoms. The van der Waals surface area contributed by atoms with E-state index in [0.717, 1.165) is 5.69 Å². The van der Waals surface area contributed by atoms with Crippen molar-refractivity contribution in [3.05, 3.63) is 64.2 Å². The van der Waals surface area contributed by atoms with Gasteiger partial charge >= 0.3 is 0 Å². The van der Waals surface area contributed by atoms with E-state index in [4.69, 9.17) is 0 Å². The minimum atomic E-state index is -0.736. The van der Waals surface area contributed by atoms with Crippen LogP contribution in [0.2, 0.25) is 0 Å². The molecule has 19 heavy (non-hydrogen) atoms. The first-order chi connectivity index (χ1) is 8.82. The van der Waals surface area contributed by atoms with Crippen LogP contribution in [0, 0.1) is 45.3 Å². The van der Waals surface area contributed by atoms with Crippen LogP contribution in [-0.2, 0) is 0 Å². The molecule has 1 heterocycles. The first kappa shape index (κ1) is 15.2. The minimum absolute atomic E-state index is 0.350. The van der Waals surface area contributed by atoms with Crippen LogP contribution in [0.25, 0.3) is 0 Å². The summed E-state index contributed by atoms with van der Waals surface area (Å²) in [6.07, 6.45) is 0. The van der Waals surface area contributed by atoms with Gasteiger partial charge in [-0.1, -0.05) is 18.2 Å². The van der Waals surface area contributed by atoms with E-state index >= 15 is 0 Å². The van der Waals surface area contributed by atoms with Gasteiger partial charge in [-0.15, -0.1) is 0 Å². The Labute approximate surface area is 111 Å². The molecule has 0 aliphatic rings. The lowest BCUT2D eigenvalue weighted by Crippen LogP contribution is -1.91. The molecule has 0 saturated heterocycles. The molecule has 2 aromatic rings. The van der Waals surface area contributed by atoms with Crippen molar-refractivity contribution >= 4 is 0 Å². The lowest BCUT2D eigenvalue weighted by atomic mass is 10.1. The highest BCUT2D eigenvalue weighted by Crippen LogP contribution is 2.13. The lowest BCUT2D eigenvalue weighted by Gasteiger charge is -1.99. The summed E-state index contributed by atoms with van der Waals surface area (Å²) >= 11 is 0. The Morgan fingerprint density at radius 1 is 0.684 bits per heavy atom. The highest BCUT2D eigenvalue weighted by atomic mass is 19.2. The fraction of sp³-hybridized carbons (Fsp3) is 0.267. The second-order valence-electron chi connectivity index (χ2n) is 4.39. The third-order valence-electron chi connectivity index (χ3n) is 2.64. The summed E-state index contributed by atoms with van der Waals surface area (Å²) in [6, 6.07) is 6.64. The molecule has 0 N–H and O–H groups in total. The number of benzene rings is 1. The second-order valence-corrected chi connectivity index (χ2v) is 4.39. The lowest BCUT2D eigenvalue weighted by molar-refractivity contribution is 0.497. The maximum Gasteiger partial charge on any atom is 0.215 e. The van der Waals surface area contributed by atoms with Crippen LogP contribution in [-0.4, -0.2) is 4.98 Å². The molecule has 1 aromatic carbocycles. The molecular weight excluding hydrogens is 251 g/mol. The van der Waals surface area contributed by atoms with Crippen molar-refractivity contribution in [3.8, 4) is 0 Å². The van der Waals surface area contributed by atoms with Gasteiger partial charge in [0, 0.05) is 11.3 Å². The molecular formula is C15H16F3N. The predicted molar refractivity (Wildman–Crippen MR) is 69.5 cm³/mol. The topological polar surface area (TPSA) is 12.9 Å². The fourth-order valence-electron chi connectivity index (χ4n) is 1.34. The number of hydrogen-bond donors (Lipinski definition) is 0. The van der Waals surface area contributed by atoms with Gasteiger partial charge in [0.25, 0.3) is 0 Å². The molecule has 4 heteroatoms. The number of aromatic nitrogens is 1. The Morgan fingerprint density at radius 2 is 1.11 bits per heavy atom. The zero-order valence-corrected chi connectivity index (χ0v) is 11.4. The number of pyridine rings is 1. The van der Waals surface area contributed by atoms with Gasteiger partial charge in [0.15, 0.2) is 11.6 Å². The molecule has 0 saturated carbocycles. The third kappa shape index (κ3) is 4.09. The van der Waals surface area contributed by atoms with Crippen molar-refractivity contribution in [1.82, 2.24) is 4.98 Å². The Kier molecular flexibility index (Phi) is 5.10. The Morgan fingerprint density at radius 3 is 1.47 bits per heavy atom. The average molecular weight is 267 g/mol. The van der Waals surface area contributed by atoms with Crippen LogP contribution < -0.4 is 0 Å². The maximum absolute atomic E-state index is 12.6. The zero-order valence-electron chi connectivity index (χ0n) is 11.4. The predicted octanol–water partition coefficient (Wildman–Crippen LogP) is 4.42. The molecule has 0 amide bonds. The summed E-state index contributed by atoms with van der Waals surface area (Å²) in [5, 5.41) is 0. The quantitative estimate of drug-likeness (QED) is 0.644. The van der Waals surface area contributed by atoms with Crippen molar-refractivity contribution in [2.75, 3.05) is 0 Å². The first-order valence-electron chi connectivity index (χ1n) is 5.84. The van der Waals surface area contributed by atoms with Gasteiger partial charge in [-0.3, -0.25) is 0 Å². The van der Waals surface area contributed by atoms with E-state index in [1.54, 1.807) is 38.1 Å². The number of nitrogens with zero attached hydrogens (tertiary/aromatic N) is 1. The number of rotatable bonds is 0. The van der Waals surface area contributed by atoms with Gasteiger partial charge in [0.1, 0.15) is 0 Å². The SMILES string of the molecule is Cc1ccc(C)c(F)c1F.Cc1ccc(C)c(F)n1. The normalized spacial score (nSPS) is 9.84. The summed E-state index contributed by atoms with van der Waals surface area (Å²) in [5.74, 6) is -1.84. The van der Waals surface area contributed by atoms with Crippen molar-refractivity contribution in [1.29, 1.82) is 0 Å². The summed E-state index contributed by atoms with van der Waals surface area (Å²) in [5.41, 5.74) is 2.02. The van der Waals surface area contributed by atoms with Crippen LogP contribution in [0.3, 0.4) is 0 Å². The number of hydrogen-bond acceptors (Lipinski definition) is 1. The molecule has 0 atom stereocenters. The highest BCUT2D eigenvalue weighted by molar-refractivity contribution is 5.23. The van der Waals surface area contributed by atoms with Gasteiger partial charge in [0.2, 0.25) is 5.95 Å². The highest BCUT2D eigenvalue weighted by Gasteiger charge is 2.05. The van der Waals surface area contributed by atoms with Crippen molar-refractivity contribution in [2.45, 2.75) is 27.7 Å². The maximum atomic E-state index is 12.6. The Bertz CT molecular complexity index is 553. The molecule has 0 fully saturated rings. The molecule has 0 unspecified atom stereocenters. The molecule has 0 aliphatic carbocycles. The van der Waals surface area contributed by atoms with Gasteiger partial charge < -0.3 is 0 Å². The zero-order chi connectivity index (χ0) is 14.6. The second kappa shape index (κ2) is 6.36. The monoisotopic (exact) mass is 267 g/mol. The van der Waals surface area contributed by atoms with Crippen LogP contribution >= 0.6 is 0 Å². The molecule has 1 nitrogen and oxygen atoms in total. The van der Waals surface area contributed by atoms with E-state index in [1.165, 1.54) is 13.8 Å². The van der Waals surface area contributed by atoms with Crippen LogP contribution in [0.15, 0.2) is 24.3 Å². The standard InChI is InChI=1S/C8H8F2.C7H8FN/c1-5-3-4-6(2)8(10)7(5)9;1-5-3-4-6(2)9-7(5)8/h3-4H,1-2H3;3-4H,1-2H3. The van der Waals surface area contributed by atoms with Gasteiger partial charge in [0.05, 0.1) is 0 Å². The van der Waals surface area contributed by atoms with Crippen LogP contribution in [0.4, 0.5) is 13.2 Å². The molecule has 102 valence electrons. The van der Waals surface area contributed by atoms with E-state index in [-0.39, 0.29) is 5.95 Å². The summed E-state index contributed by atoms with van der Waals surface area (Å²) in [4.78, 5) is 3.61. The minimum Gasteiger partial charge on any atom is -0.225 e. The van der Waals surface area contributed by atoms with Crippen molar-refractivity contribution < 1.29 is 13.2 Å². The van der Waals surface area contributed by atoms with Crippen LogP contribution in [0.5, 0.6) is 0 Å². The molecule has 1 aromatic heterocycles. The van der Waals surface area contributed by atoms with E-state index in [9.17, 15) is 13.2 Å². The summed E-state index contributed by atoms with van der Waals surface area (Å²) in [7, 11) is 0. The summed E-state index contributed by atoms with van der Waals surface area (Å²) in [6.45, 7) is 6.54. The number of halogens is 3. The number of aryl methyl sites for hydroxylation is 4. The van der Waals surface area contributed by atoms with E-state index in [0.29, 0.717) is 16.7 Å². The molecule has 0 spiro atoms. The fourth-order valence-corrected chi connectivity index (χ4v) is 1.34. The largest absolute Gasteiger partial charge is 0.225 e. The van der Waals surface area contributed by atoms with Crippen molar-refractivity contribution in [2.24, 2.45) is 0 Å².